The summed E-state index contributed by atoms with van der Waals surface area (Å²) in [6, 6.07) is 7.81. The minimum absolute atomic E-state index is 0.216. The topological polar surface area (TPSA) is 29.1 Å². The van der Waals surface area contributed by atoms with E-state index < -0.39 is 0 Å². The molecule has 1 heterocycles. The zero-order valence-corrected chi connectivity index (χ0v) is 10.9. The number of hydrogen-bond acceptors (Lipinski definition) is 2. The second-order valence-electron chi connectivity index (χ2n) is 4.92. The molecule has 1 N–H and O–H groups in total. The van der Waals surface area contributed by atoms with Crippen molar-refractivity contribution in [1.82, 2.24) is 5.32 Å². The average molecular weight is 252 g/mol. The average Bonchev–Trinajstić information content (AvgIpc) is 2.33. The van der Waals surface area contributed by atoms with Crippen LogP contribution in [0.1, 0.15) is 25.3 Å². The molecule has 3 heteroatoms. The molecule has 2 nitrogen and oxygen atoms in total. The fourth-order valence-corrected chi connectivity index (χ4v) is 2.66. The molecular formula is C14H18ClNO. The predicted octanol–water partition coefficient (Wildman–Crippen LogP) is 2.84. The van der Waals surface area contributed by atoms with Crippen LogP contribution in [0.5, 0.6) is 0 Å². The molecule has 1 aromatic rings. The maximum Gasteiger partial charge on any atom is 0.137 e. The van der Waals surface area contributed by atoms with Gasteiger partial charge in [0, 0.05) is 17.0 Å². The Balaban J connectivity index is 2.17. The summed E-state index contributed by atoms with van der Waals surface area (Å²) in [4.78, 5) is 11.9. The van der Waals surface area contributed by atoms with E-state index in [1.165, 1.54) is 5.56 Å². The summed E-state index contributed by atoms with van der Waals surface area (Å²) < 4.78 is 0. The Morgan fingerprint density at radius 1 is 1.41 bits per heavy atom. The number of halogens is 1. The summed E-state index contributed by atoms with van der Waals surface area (Å²) >= 11 is 5.87. The van der Waals surface area contributed by atoms with Crippen LogP contribution in [0.4, 0.5) is 0 Å². The van der Waals surface area contributed by atoms with Crippen LogP contribution < -0.4 is 5.32 Å². The van der Waals surface area contributed by atoms with Crippen molar-refractivity contribution in [3.8, 4) is 0 Å². The van der Waals surface area contributed by atoms with Gasteiger partial charge >= 0.3 is 0 Å². The van der Waals surface area contributed by atoms with Gasteiger partial charge in [-0.1, -0.05) is 23.7 Å². The highest BCUT2D eigenvalue weighted by Crippen LogP contribution is 2.32. The zero-order chi connectivity index (χ0) is 12.3. The zero-order valence-electron chi connectivity index (χ0n) is 10.1. The van der Waals surface area contributed by atoms with Crippen molar-refractivity contribution < 1.29 is 4.79 Å². The molecular weight excluding hydrogens is 234 g/mol. The number of piperidine rings is 1. The lowest BCUT2D eigenvalue weighted by molar-refractivity contribution is -0.127. The van der Waals surface area contributed by atoms with Gasteiger partial charge in [0.15, 0.2) is 0 Å². The summed E-state index contributed by atoms with van der Waals surface area (Å²) in [7, 11) is 0. The fourth-order valence-electron chi connectivity index (χ4n) is 2.54. The van der Waals surface area contributed by atoms with E-state index in [-0.39, 0.29) is 5.41 Å². The monoisotopic (exact) mass is 251 g/mol. The van der Waals surface area contributed by atoms with Crippen LogP contribution in [0.25, 0.3) is 0 Å². The molecule has 0 amide bonds. The normalized spacial score (nSPS) is 24.6. The third-order valence-corrected chi connectivity index (χ3v) is 3.93. The Hall–Kier alpha value is -0.860. The van der Waals surface area contributed by atoms with Crippen LogP contribution in [-0.2, 0) is 11.2 Å². The first-order chi connectivity index (χ1) is 8.12. The number of benzene rings is 1. The molecule has 1 aromatic carbocycles. The highest BCUT2D eigenvalue weighted by Gasteiger charge is 2.36. The SMILES string of the molecule is CC(=O)C1(Cc2ccc(Cl)cc2)CCCNC1. The highest BCUT2D eigenvalue weighted by molar-refractivity contribution is 6.30. The fraction of sp³-hybridized carbons (Fsp3) is 0.500. The molecule has 0 aliphatic carbocycles. The van der Waals surface area contributed by atoms with Crippen LogP contribution in [0.2, 0.25) is 5.02 Å². The van der Waals surface area contributed by atoms with Crippen molar-refractivity contribution in [2.24, 2.45) is 5.41 Å². The third kappa shape index (κ3) is 2.88. The van der Waals surface area contributed by atoms with Gasteiger partial charge in [0.1, 0.15) is 5.78 Å². The Bertz CT molecular complexity index is 393. The first-order valence-corrected chi connectivity index (χ1v) is 6.46. The van der Waals surface area contributed by atoms with E-state index in [0.717, 1.165) is 37.4 Å². The number of hydrogen-bond donors (Lipinski definition) is 1. The van der Waals surface area contributed by atoms with E-state index in [0.29, 0.717) is 5.78 Å². The first kappa shape index (κ1) is 12.6. The largest absolute Gasteiger partial charge is 0.316 e. The summed E-state index contributed by atoms with van der Waals surface area (Å²) in [5, 5.41) is 4.08. The lowest BCUT2D eigenvalue weighted by Crippen LogP contribution is -2.46. The molecule has 1 atom stereocenters. The van der Waals surface area contributed by atoms with E-state index in [4.69, 9.17) is 11.6 Å². The minimum atomic E-state index is -0.216. The minimum Gasteiger partial charge on any atom is -0.316 e. The molecule has 1 aliphatic rings. The molecule has 0 radical (unpaired) electrons. The molecule has 0 aromatic heterocycles. The van der Waals surface area contributed by atoms with Crippen LogP contribution in [-0.4, -0.2) is 18.9 Å². The maximum absolute atomic E-state index is 11.9. The Morgan fingerprint density at radius 3 is 2.65 bits per heavy atom. The third-order valence-electron chi connectivity index (χ3n) is 3.67. The second-order valence-corrected chi connectivity index (χ2v) is 5.36. The molecule has 92 valence electrons. The van der Waals surface area contributed by atoms with Crippen molar-refractivity contribution >= 4 is 17.4 Å². The van der Waals surface area contributed by atoms with Crippen molar-refractivity contribution in [2.75, 3.05) is 13.1 Å². The van der Waals surface area contributed by atoms with Gasteiger partial charge in [0.25, 0.3) is 0 Å². The lowest BCUT2D eigenvalue weighted by Gasteiger charge is -2.35. The Labute approximate surface area is 107 Å². The highest BCUT2D eigenvalue weighted by atomic mass is 35.5. The van der Waals surface area contributed by atoms with E-state index in [2.05, 4.69) is 5.32 Å². The summed E-state index contributed by atoms with van der Waals surface area (Å²) in [6.45, 7) is 3.53. The summed E-state index contributed by atoms with van der Waals surface area (Å²) in [5.41, 5.74) is 0.972. The van der Waals surface area contributed by atoms with Gasteiger partial charge in [-0.3, -0.25) is 4.79 Å². The smallest absolute Gasteiger partial charge is 0.137 e. The number of Topliss-reactive ketones (excluding diaryl/α,β-unsaturated/α-hetero) is 1. The van der Waals surface area contributed by atoms with E-state index >= 15 is 0 Å². The van der Waals surface area contributed by atoms with Gasteiger partial charge in [-0.05, 0) is 50.4 Å². The molecule has 1 saturated heterocycles. The van der Waals surface area contributed by atoms with Gasteiger partial charge in [0.05, 0.1) is 0 Å². The van der Waals surface area contributed by atoms with Crippen LogP contribution in [0.15, 0.2) is 24.3 Å². The van der Waals surface area contributed by atoms with Crippen LogP contribution >= 0.6 is 11.6 Å². The molecule has 0 saturated carbocycles. The van der Waals surface area contributed by atoms with Gasteiger partial charge in [0.2, 0.25) is 0 Å². The summed E-state index contributed by atoms with van der Waals surface area (Å²) in [5.74, 6) is 0.291. The maximum atomic E-state index is 11.9. The standard InChI is InChI=1S/C14H18ClNO/c1-11(17)14(7-2-8-16-10-14)9-12-3-5-13(15)6-4-12/h3-6,16H,2,7-10H2,1H3. The van der Waals surface area contributed by atoms with Crippen LogP contribution in [0.3, 0.4) is 0 Å². The van der Waals surface area contributed by atoms with Crippen molar-refractivity contribution in [1.29, 1.82) is 0 Å². The molecule has 2 rings (SSSR count). The lowest BCUT2D eigenvalue weighted by atomic mass is 9.73. The number of carbonyl (C=O) groups excluding carboxylic acids is 1. The van der Waals surface area contributed by atoms with Gasteiger partial charge in [-0.25, -0.2) is 0 Å². The Morgan fingerprint density at radius 2 is 2.12 bits per heavy atom. The molecule has 1 unspecified atom stereocenters. The van der Waals surface area contributed by atoms with Crippen molar-refractivity contribution in [2.45, 2.75) is 26.2 Å². The molecule has 17 heavy (non-hydrogen) atoms. The Kier molecular flexibility index (Phi) is 3.85. The van der Waals surface area contributed by atoms with Gasteiger partial charge in [-0.15, -0.1) is 0 Å². The second kappa shape index (κ2) is 5.19. The van der Waals surface area contributed by atoms with Crippen LogP contribution in [0, 0.1) is 5.41 Å². The number of nitrogens with one attached hydrogen (secondary N) is 1. The molecule has 1 aliphatic heterocycles. The quantitative estimate of drug-likeness (QED) is 0.895. The number of ketones is 1. The van der Waals surface area contributed by atoms with Crippen molar-refractivity contribution in [3.63, 3.8) is 0 Å². The number of carbonyl (C=O) groups is 1. The van der Waals surface area contributed by atoms with E-state index in [9.17, 15) is 4.79 Å². The summed E-state index contributed by atoms with van der Waals surface area (Å²) in [6.07, 6.45) is 2.87. The van der Waals surface area contributed by atoms with E-state index in [1.807, 2.05) is 24.3 Å². The molecule has 0 bridgehead atoms. The molecule has 1 fully saturated rings. The van der Waals surface area contributed by atoms with Gasteiger partial charge < -0.3 is 5.32 Å². The first-order valence-electron chi connectivity index (χ1n) is 6.09. The van der Waals surface area contributed by atoms with Gasteiger partial charge in [-0.2, -0.15) is 0 Å². The molecule has 0 spiro atoms. The van der Waals surface area contributed by atoms with Crippen molar-refractivity contribution in [3.05, 3.63) is 34.9 Å². The van der Waals surface area contributed by atoms with E-state index in [1.54, 1.807) is 6.92 Å². The predicted molar refractivity (Wildman–Crippen MR) is 70.4 cm³/mol. The number of rotatable bonds is 3.